The van der Waals surface area contributed by atoms with E-state index >= 15 is 0 Å². The van der Waals surface area contributed by atoms with Crippen LogP contribution in [0.3, 0.4) is 0 Å². The normalized spacial score (nSPS) is 14.2. The van der Waals surface area contributed by atoms with E-state index in [4.69, 9.17) is 4.74 Å². The molecular weight excluding hydrogens is 162 g/mol. The van der Waals surface area contributed by atoms with Crippen LogP contribution in [0.4, 0.5) is 0 Å². The zero-order valence-electron chi connectivity index (χ0n) is 9.39. The van der Waals surface area contributed by atoms with Crippen LogP contribution in [0.1, 0.15) is 34.1 Å². The molecule has 0 aromatic carbocycles. The molecule has 0 saturated carbocycles. The molecule has 0 aliphatic carbocycles. The van der Waals surface area contributed by atoms with Gasteiger partial charge in [0, 0.05) is 6.61 Å². The Balaban J connectivity index is 4.10. The maximum Gasteiger partial charge on any atom is 0.0814 e. The van der Waals surface area contributed by atoms with Crippen LogP contribution in [-0.4, -0.2) is 24.8 Å². The molecule has 0 aliphatic rings. The molecule has 2 nitrogen and oxygen atoms in total. The predicted octanol–water partition coefficient (Wildman–Crippen LogP) is 2.36. The Hall–Kier alpha value is -0.340. The van der Waals surface area contributed by atoms with E-state index in [1.807, 2.05) is 13.0 Å². The van der Waals surface area contributed by atoms with Gasteiger partial charge in [0.2, 0.25) is 0 Å². The number of hydrogen-bond acceptors (Lipinski definition) is 2. The summed E-state index contributed by atoms with van der Waals surface area (Å²) in [5.41, 5.74) is -0.161. The summed E-state index contributed by atoms with van der Waals surface area (Å²) in [5.74, 6) is 0. The van der Waals surface area contributed by atoms with Gasteiger partial charge >= 0.3 is 0 Å². The highest BCUT2D eigenvalue weighted by Crippen LogP contribution is 2.15. The van der Waals surface area contributed by atoms with Crippen molar-refractivity contribution in [1.29, 1.82) is 0 Å². The smallest absolute Gasteiger partial charge is 0.0814 e. The predicted molar refractivity (Wildman–Crippen MR) is 58.0 cm³/mol. The fourth-order valence-electron chi connectivity index (χ4n) is 1.37. The van der Waals surface area contributed by atoms with Crippen molar-refractivity contribution in [3.8, 4) is 0 Å². The summed E-state index contributed by atoms with van der Waals surface area (Å²) < 4.78 is 5.65. The first-order valence-corrected chi connectivity index (χ1v) is 5.08. The lowest BCUT2D eigenvalue weighted by Crippen LogP contribution is -2.47. The van der Waals surface area contributed by atoms with Gasteiger partial charge in [0.05, 0.1) is 11.6 Å². The van der Waals surface area contributed by atoms with Crippen LogP contribution in [0.15, 0.2) is 12.7 Å². The standard InChI is InChI=1S/C11H23NO/c1-6-9-12-10(7-2)11(4,5)13-8-3/h7,10,12H,2,6,8-9H2,1,3-5H3. The minimum Gasteiger partial charge on any atom is -0.374 e. The van der Waals surface area contributed by atoms with Crippen LogP contribution < -0.4 is 5.32 Å². The van der Waals surface area contributed by atoms with E-state index in [1.165, 1.54) is 0 Å². The highest BCUT2D eigenvalue weighted by Gasteiger charge is 2.26. The van der Waals surface area contributed by atoms with Gasteiger partial charge in [0.1, 0.15) is 0 Å². The molecule has 0 heterocycles. The lowest BCUT2D eigenvalue weighted by Gasteiger charge is -2.32. The maximum atomic E-state index is 5.65. The van der Waals surface area contributed by atoms with E-state index in [0.29, 0.717) is 0 Å². The second-order valence-electron chi connectivity index (χ2n) is 3.70. The van der Waals surface area contributed by atoms with Crippen LogP contribution in [0.2, 0.25) is 0 Å². The van der Waals surface area contributed by atoms with Crippen molar-refractivity contribution in [2.45, 2.75) is 45.8 Å². The molecule has 0 spiro atoms. The van der Waals surface area contributed by atoms with Crippen LogP contribution >= 0.6 is 0 Å². The number of rotatable bonds is 7. The third kappa shape index (κ3) is 4.44. The Kier molecular flexibility index (Phi) is 6.00. The highest BCUT2D eigenvalue weighted by atomic mass is 16.5. The molecule has 1 atom stereocenters. The summed E-state index contributed by atoms with van der Waals surface area (Å²) in [6, 6.07) is 0.229. The van der Waals surface area contributed by atoms with Gasteiger partial charge < -0.3 is 10.1 Å². The van der Waals surface area contributed by atoms with Crippen molar-refractivity contribution in [2.75, 3.05) is 13.2 Å². The molecule has 0 rings (SSSR count). The van der Waals surface area contributed by atoms with Gasteiger partial charge in [0.25, 0.3) is 0 Å². The van der Waals surface area contributed by atoms with Gasteiger partial charge in [0.15, 0.2) is 0 Å². The Morgan fingerprint density at radius 2 is 2.08 bits per heavy atom. The Morgan fingerprint density at radius 1 is 1.46 bits per heavy atom. The Labute approximate surface area is 82.4 Å². The first kappa shape index (κ1) is 12.7. The fraction of sp³-hybridized carbons (Fsp3) is 0.818. The molecule has 0 aromatic rings. The molecule has 13 heavy (non-hydrogen) atoms. The summed E-state index contributed by atoms with van der Waals surface area (Å²) in [5, 5.41) is 3.40. The van der Waals surface area contributed by atoms with Gasteiger partial charge in [-0.3, -0.25) is 0 Å². The first-order valence-electron chi connectivity index (χ1n) is 5.08. The maximum absolute atomic E-state index is 5.65. The van der Waals surface area contributed by atoms with Gasteiger partial charge in [-0.2, -0.15) is 0 Å². The minimum absolute atomic E-state index is 0.161. The van der Waals surface area contributed by atoms with Gasteiger partial charge in [-0.25, -0.2) is 0 Å². The van der Waals surface area contributed by atoms with Crippen molar-refractivity contribution in [3.05, 3.63) is 12.7 Å². The molecule has 0 amide bonds. The van der Waals surface area contributed by atoms with E-state index in [9.17, 15) is 0 Å². The molecule has 0 bridgehead atoms. The van der Waals surface area contributed by atoms with Crippen LogP contribution in [0, 0.1) is 0 Å². The lowest BCUT2D eigenvalue weighted by molar-refractivity contribution is -0.0265. The van der Waals surface area contributed by atoms with Gasteiger partial charge in [-0.05, 0) is 33.7 Å². The Morgan fingerprint density at radius 3 is 2.46 bits per heavy atom. The summed E-state index contributed by atoms with van der Waals surface area (Å²) in [7, 11) is 0. The zero-order chi connectivity index (χ0) is 10.3. The molecule has 0 aromatic heterocycles. The van der Waals surface area contributed by atoms with E-state index in [-0.39, 0.29) is 11.6 Å². The summed E-state index contributed by atoms with van der Waals surface area (Å²) in [6.45, 7) is 13.9. The van der Waals surface area contributed by atoms with Crippen molar-refractivity contribution in [3.63, 3.8) is 0 Å². The quantitative estimate of drug-likeness (QED) is 0.615. The monoisotopic (exact) mass is 185 g/mol. The molecule has 1 unspecified atom stereocenters. The second kappa shape index (κ2) is 6.17. The number of nitrogens with one attached hydrogen (secondary N) is 1. The third-order valence-corrected chi connectivity index (χ3v) is 2.12. The number of hydrogen-bond donors (Lipinski definition) is 1. The average Bonchev–Trinajstić information content (AvgIpc) is 2.05. The molecule has 78 valence electrons. The molecular formula is C11H23NO. The summed E-state index contributed by atoms with van der Waals surface area (Å²) in [4.78, 5) is 0. The zero-order valence-corrected chi connectivity index (χ0v) is 9.39. The van der Waals surface area contributed by atoms with Crippen LogP contribution in [-0.2, 0) is 4.74 Å². The van der Waals surface area contributed by atoms with Crippen molar-refractivity contribution in [2.24, 2.45) is 0 Å². The van der Waals surface area contributed by atoms with E-state index in [1.54, 1.807) is 0 Å². The van der Waals surface area contributed by atoms with E-state index < -0.39 is 0 Å². The molecule has 0 aliphatic heterocycles. The van der Waals surface area contributed by atoms with Gasteiger partial charge in [-0.1, -0.05) is 13.0 Å². The first-order chi connectivity index (χ1) is 6.08. The largest absolute Gasteiger partial charge is 0.374 e. The van der Waals surface area contributed by atoms with E-state index in [2.05, 4.69) is 32.7 Å². The van der Waals surface area contributed by atoms with Crippen molar-refractivity contribution >= 4 is 0 Å². The minimum atomic E-state index is -0.161. The van der Waals surface area contributed by atoms with Crippen molar-refractivity contribution in [1.82, 2.24) is 5.32 Å². The molecule has 0 saturated heterocycles. The average molecular weight is 185 g/mol. The SMILES string of the molecule is C=CC(NCCC)C(C)(C)OCC. The van der Waals surface area contributed by atoms with Crippen molar-refractivity contribution < 1.29 is 4.74 Å². The highest BCUT2D eigenvalue weighted by molar-refractivity contribution is 4.97. The lowest BCUT2D eigenvalue weighted by atomic mass is 9.98. The third-order valence-electron chi connectivity index (χ3n) is 2.12. The molecule has 0 radical (unpaired) electrons. The second-order valence-corrected chi connectivity index (χ2v) is 3.70. The summed E-state index contributed by atoms with van der Waals surface area (Å²) in [6.07, 6.45) is 3.05. The Bertz CT molecular complexity index is 143. The summed E-state index contributed by atoms with van der Waals surface area (Å²) >= 11 is 0. The van der Waals surface area contributed by atoms with Gasteiger partial charge in [-0.15, -0.1) is 6.58 Å². The number of ether oxygens (including phenoxy) is 1. The fourth-order valence-corrected chi connectivity index (χ4v) is 1.37. The molecule has 0 fully saturated rings. The van der Waals surface area contributed by atoms with Crippen LogP contribution in [0.25, 0.3) is 0 Å². The van der Waals surface area contributed by atoms with Crippen LogP contribution in [0.5, 0.6) is 0 Å². The molecule has 2 heteroatoms. The topological polar surface area (TPSA) is 21.3 Å². The molecule has 1 N–H and O–H groups in total. The van der Waals surface area contributed by atoms with E-state index in [0.717, 1.165) is 19.6 Å².